The third kappa shape index (κ3) is 5.53. The van der Waals surface area contributed by atoms with Crippen molar-refractivity contribution in [2.24, 2.45) is 17.8 Å². The molecular weight excluding hydrogens is 343 g/mol. The molecular formula is C22H31FN2O2. The van der Waals surface area contributed by atoms with Crippen molar-refractivity contribution in [3.05, 3.63) is 35.6 Å². The van der Waals surface area contributed by atoms with Crippen LogP contribution < -0.4 is 5.32 Å². The highest BCUT2D eigenvalue weighted by atomic mass is 19.1. The molecule has 1 heterocycles. The van der Waals surface area contributed by atoms with E-state index in [9.17, 15) is 14.0 Å². The van der Waals surface area contributed by atoms with Gasteiger partial charge in [0, 0.05) is 31.5 Å². The number of piperidine rings is 1. The molecule has 1 aromatic rings. The molecule has 5 heteroatoms. The molecule has 1 saturated heterocycles. The van der Waals surface area contributed by atoms with Gasteiger partial charge in [-0.15, -0.1) is 0 Å². The van der Waals surface area contributed by atoms with Crippen LogP contribution in [0.4, 0.5) is 4.39 Å². The number of carbonyl (C=O) groups is 2. The van der Waals surface area contributed by atoms with Gasteiger partial charge in [-0.05, 0) is 68.6 Å². The average molecular weight is 375 g/mol. The SMILES string of the molecule is CC1CCN(C(=O)C2CCC(C(=O)NCCc3ccc(F)cc3)CC2)CC1. The first-order chi connectivity index (χ1) is 13.0. The van der Waals surface area contributed by atoms with Gasteiger partial charge in [-0.25, -0.2) is 4.39 Å². The Morgan fingerprint density at radius 1 is 1.00 bits per heavy atom. The summed E-state index contributed by atoms with van der Waals surface area (Å²) in [5, 5.41) is 3.00. The van der Waals surface area contributed by atoms with Crippen LogP contribution >= 0.6 is 0 Å². The topological polar surface area (TPSA) is 49.4 Å². The predicted octanol–water partition coefficient (Wildman–Crippen LogP) is 3.55. The minimum Gasteiger partial charge on any atom is -0.356 e. The lowest BCUT2D eigenvalue weighted by Crippen LogP contribution is -2.43. The van der Waals surface area contributed by atoms with E-state index in [1.165, 1.54) is 12.1 Å². The number of hydrogen-bond donors (Lipinski definition) is 1. The minimum atomic E-state index is -0.242. The van der Waals surface area contributed by atoms with Crippen molar-refractivity contribution < 1.29 is 14.0 Å². The first-order valence-electron chi connectivity index (χ1n) is 10.3. The van der Waals surface area contributed by atoms with Crippen molar-refractivity contribution in [1.82, 2.24) is 10.2 Å². The van der Waals surface area contributed by atoms with Gasteiger partial charge in [-0.1, -0.05) is 19.1 Å². The van der Waals surface area contributed by atoms with Crippen LogP contribution in [0.3, 0.4) is 0 Å². The van der Waals surface area contributed by atoms with E-state index in [4.69, 9.17) is 0 Å². The molecule has 1 aliphatic heterocycles. The van der Waals surface area contributed by atoms with Crippen LogP contribution in [0.1, 0.15) is 51.0 Å². The number of carbonyl (C=O) groups excluding carboxylic acids is 2. The molecule has 0 spiro atoms. The van der Waals surface area contributed by atoms with Gasteiger partial charge in [0.05, 0.1) is 0 Å². The van der Waals surface area contributed by atoms with E-state index in [0.717, 1.165) is 63.1 Å². The van der Waals surface area contributed by atoms with Crippen LogP contribution in [0.2, 0.25) is 0 Å². The third-order valence-corrected chi connectivity index (χ3v) is 6.17. The Balaban J connectivity index is 1.37. The van der Waals surface area contributed by atoms with E-state index >= 15 is 0 Å². The van der Waals surface area contributed by atoms with Crippen molar-refractivity contribution in [2.45, 2.75) is 51.9 Å². The molecule has 2 fully saturated rings. The van der Waals surface area contributed by atoms with Crippen LogP contribution in [-0.4, -0.2) is 36.3 Å². The largest absolute Gasteiger partial charge is 0.356 e. The maximum Gasteiger partial charge on any atom is 0.225 e. The fraction of sp³-hybridized carbons (Fsp3) is 0.636. The number of hydrogen-bond acceptors (Lipinski definition) is 2. The Hall–Kier alpha value is -1.91. The molecule has 1 saturated carbocycles. The van der Waals surface area contributed by atoms with Crippen molar-refractivity contribution >= 4 is 11.8 Å². The molecule has 1 N–H and O–H groups in total. The molecule has 1 aliphatic carbocycles. The normalized spacial score (nSPS) is 23.9. The lowest BCUT2D eigenvalue weighted by atomic mass is 9.80. The highest BCUT2D eigenvalue weighted by molar-refractivity contribution is 5.81. The first-order valence-corrected chi connectivity index (χ1v) is 10.3. The van der Waals surface area contributed by atoms with Crippen molar-refractivity contribution in [1.29, 1.82) is 0 Å². The van der Waals surface area contributed by atoms with Crippen LogP contribution in [0.25, 0.3) is 0 Å². The van der Waals surface area contributed by atoms with Crippen molar-refractivity contribution in [3.8, 4) is 0 Å². The first kappa shape index (κ1) is 19.8. The number of benzene rings is 1. The number of rotatable bonds is 5. The number of likely N-dealkylation sites (tertiary alicyclic amines) is 1. The second kappa shape index (κ2) is 9.34. The molecule has 0 atom stereocenters. The standard InChI is InChI=1S/C22H31FN2O2/c1-16-11-14-25(15-12-16)22(27)19-6-4-18(5-7-19)21(26)24-13-10-17-2-8-20(23)9-3-17/h2-3,8-9,16,18-19H,4-7,10-15H2,1H3,(H,24,26). The Labute approximate surface area is 161 Å². The van der Waals surface area contributed by atoms with Gasteiger partial charge in [-0.3, -0.25) is 9.59 Å². The summed E-state index contributed by atoms with van der Waals surface area (Å²) < 4.78 is 12.9. The zero-order valence-electron chi connectivity index (χ0n) is 16.3. The van der Waals surface area contributed by atoms with Gasteiger partial charge in [0.2, 0.25) is 11.8 Å². The zero-order valence-corrected chi connectivity index (χ0v) is 16.3. The Bertz CT molecular complexity index is 630. The van der Waals surface area contributed by atoms with E-state index in [2.05, 4.69) is 12.2 Å². The second-order valence-corrected chi connectivity index (χ2v) is 8.22. The number of nitrogens with one attached hydrogen (secondary N) is 1. The fourth-order valence-corrected chi connectivity index (χ4v) is 4.22. The highest BCUT2D eigenvalue weighted by Gasteiger charge is 2.32. The second-order valence-electron chi connectivity index (χ2n) is 8.22. The molecule has 0 radical (unpaired) electrons. The number of halogens is 1. The average Bonchev–Trinajstić information content (AvgIpc) is 2.69. The molecule has 2 amide bonds. The van der Waals surface area contributed by atoms with Gasteiger partial charge in [-0.2, -0.15) is 0 Å². The van der Waals surface area contributed by atoms with Crippen LogP contribution in [-0.2, 0) is 16.0 Å². The van der Waals surface area contributed by atoms with Crippen LogP contribution in [0.15, 0.2) is 24.3 Å². The van der Waals surface area contributed by atoms with Crippen LogP contribution in [0.5, 0.6) is 0 Å². The van der Waals surface area contributed by atoms with E-state index in [0.29, 0.717) is 18.9 Å². The van der Waals surface area contributed by atoms with Gasteiger partial charge in [0.15, 0.2) is 0 Å². The molecule has 4 nitrogen and oxygen atoms in total. The molecule has 0 bridgehead atoms. The van der Waals surface area contributed by atoms with Crippen LogP contribution in [0, 0.1) is 23.6 Å². The Morgan fingerprint density at radius 2 is 1.59 bits per heavy atom. The summed E-state index contributed by atoms with van der Waals surface area (Å²) in [7, 11) is 0. The van der Waals surface area contributed by atoms with E-state index < -0.39 is 0 Å². The quantitative estimate of drug-likeness (QED) is 0.857. The third-order valence-electron chi connectivity index (χ3n) is 6.17. The molecule has 3 rings (SSSR count). The molecule has 2 aliphatic rings. The zero-order chi connectivity index (χ0) is 19.2. The highest BCUT2D eigenvalue weighted by Crippen LogP contribution is 2.31. The van der Waals surface area contributed by atoms with E-state index in [1.54, 1.807) is 12.1 Å². The minimum absolute atomic E-state index is 0.0173. The predicted molar refractivity (Wildman–Crippen MR) is 104 cm³/mol. The maximum atomic E-state index is 12.9. The summed E-state index contributed by atoms with van der Waals surface area (Å²) in [6.45, 7) is 4.60. The van der Waals surface area contributed by atoms with E-state index in [-0.39, 0.29) is 23.6 Å². The number of amides is 2. The lowest BCUT2D eigenvalue weighted by molar-refractivity contribution is -0.139. The Kier molecular flexibility index (Phi) is 6.86. The summed E-state index contributed by atoms with van der Waals surface area (Å²) in [5.41, 5.74) is 1.02. The molecule has 0 aromatic heterocycles. The monoisotopic (exact) mass is 374 g/mol. The summed E-state index contributed by atoms with van der Waals surface area (Å²) in [4.78, 5) is 27.1. The number of nitrogens with zero attached hydrogens (tertiary/aromatic N) is 1. The van der Waals surface area contributed by atoms with E-state index in [1.807, 2.05) is 4.90 Å². The Morgan fingerprint density at radius 3 is 2.22 bits per heavy atom. The summed E-state index contributed by atoms with van der Waals surface area (Å²) >= 11 is 0. The van der Waals surface area contributed by atoms with Gasteiger partial charge < -0.3 is 10.2 Å². The summed E-state index contributed by atoms with van der Waals surface area (Å²) in [5.74, 6) is 0.994. The molecule has 0 unspecified atom stereocenters. The molecule has 27 heavy (non-hydrogen) atoms. The summed E-state index contributed by atoms with van der Waals surface area (Å²) in [6.07, 6.45) is 6.15. The van der Waals surface area contributed by atoms with Crippen molar-refractivity contribution in [3.63, 3.8) is 0 Å². The smallest absolute Gasteiger partial charge is 0.225 e. The van der Waals surface area contributed by atoms with Gasteiger partial charge in [0.25, 0.3) is 0 Å². The lowest BCUT2D eigenvalue weighted by Gasteiger charge is -2.35. The summed E-state index contributed by atoms with van der Waals surface area (Å²) in [6, 6.07) is 6.39. The van der Waals surface area contributed by atoms with Crippen molar-refractivity contribution in [2.75, 3.05) is 19.6 Å². The molecule has 1 aromatic carbocycles. The maximum absolute atomic E-state index is 12.9. The van der Waals surface area contributed by atoms with Gasteiger partial charge >= 0.3 is 0 Å². The molecule has 148 valence electrons. The van der Waals surface area contributed by atoms with Gasteiger partial charge in [0.1, 0.15) is 5.82 Å². The fourth-order valence-electron chi connectivity index (χ4n) is 4.22.